The second-order valence-corrected chi connectivity index (χ2v) is 7.47. The number of hydrogen-bond donors (Lipinski definition) is 1. The van der Waals surface area contributed by atoms with Crippen molar-refractivity contribution in [2.45, 2.75) is 58.9 Å². The maximum atomic E-state index is 6.38. The fourth-order valence-corrected chi connectivity index (χ4v) is 4.00. The first-order chi connectivity index (χ1) is 9.81. The number of nitrogens with one attached hydrogen (secondary N) is 1. The third kappa shape index (κ3) is 3.69. The lowest BCUT2D eigenvalue weighted by Gasteiger charge is -2.38. The van der Waals surface area contributed by atoms with Gasteiger partial charge in [-0.15, -0.1) is 0 Å². The van der Waals surface area contributed by atoms with Crippen LogP contribution >= 0.6 is 23.2 Å². The molecule has 0 fully saturated rings. The lowest BCUT2D eigenvalue weighted by molar-refractivity contribution is 0.259. The van der Waals surface area contributed by atoms with Crippen LogP contribution in [0.3, 0.4) is 0 Å². The van der Waals surface area contributed by atoms with Crippen LogP contribution in [0.4, 0.5) is 0 Å². The summed E-state index contributed by atoms with van der Waals surface area (Å²) in [4.78, 5) is 8.67. The van der Waals surface area contributed by atoms with E-state index in [1.165, 1.54) is 0 Å². The first kappa shape index (κ1) is 17.0. The van der Waals surface area contributed by atoms with E-state index in [0.29, 0.717) is 34.9 Å². The molecule has 1 aromatic heterocycles. The van der Waals surface area contributed by atoms with Crippen molar-refractivity contribution in [3.05, 3.63) is 21.7 Å². The summed E-state index contributed by atoms with van der Waals surface area (Å²) in [6, 6.07) is 0.457. The predicted octanol–water partition coefficient (Wildman–Crippen LogP) is 4.64. The maximum Gasteiger partial charge on any atom is 0.224 e. The summed E-state index contributed by atoms with van der Waals surface area (Å²) in [5.74, 6) is 1.93. The van der Waals surface area contributed by atoms with E-state index in [9.17, 15) is 0 Å². The van der Waals surface area contributed by atoms with Crippen LogP contribution in [0.15, 0.2) is 0 Å². The molecule has 3 atom stereocenters. The molecule has 1 heterocycles. The highest BCUT2D eigenvalue weighted by Gasteiger charge is 2.37. The van der Waals surface area contributed by atoms with Crippen molar-refractivity contribution >= 4 is 23.2 Å². The van der Waals surface area contributed by atoms with Gasteiger partial charge in [-0.2, -0.15) is 0 Å². The Labute approximate surface area is 137 Å². The summed E-state index contributed by atoms with van der Waals surface area (Å²) in [5.41, 5.74) is 2.14. The summed E-state index contributed by atoms with van der Waals surface area (Å²) < 4.78 is 0. The van der Waals surface area contributed by atoms with E-state index in [4.69, 9.17) is 23.2 Å². The molecule has 0 spiro atoms. The third-order valence-electron chi connectivity index (χ3n) is 4.57. The molecule has 1 N–H and O–H groups in total. The van der Waals surface area contributed by atoms with Gasteiger partial charge in [-0.1, -0.05) is 46.2 Å². The Morgan fingerprint density at radius 1 is 1.19 bits per heavy atom. The Kier molecular flexibility index (Phi) is 5.50. The summed E-state index contributed by atoms with van der Waals surface area (Å²) >= 11 is 12.4. The molecule has 118 valence electrons. The number of rotatable bonds is 4. The molecule has 2 rings (SSSR count). The van der Waals surface area contributed by atoms with Gasteiger partial charge in [0.2, 0.25) is 5.28 Å². The molecule has 3 nitrogen and oxygen atoms in total. The molecule has 0 saturated heterocycles. The van der Waals surface area contributed by atoms with Crippen molar-refractivity contribution in [2.24, 2.45) is 11.8 Å². The van der Waals surface area contributed by atoms with Gasteiger partial charge in [0.05, 0.1) is 5.69 Å². The van der Waals surface area contributed by atoms with Crippen molar-refractivity contribution in [1.29, 1.82) is 0 Å². The molecule has 3 unspecified atom stereocenters. The van der Waals surface area contributed by atoms with Gasteiger partial charge in [-0.25, -0.2) is 9.97 Å². The minimum Gasteiger partial charge on any atom is -0.314 e. The molecule has 0 aromatic carbocycles. The first-order valence-electron chi connectivity index (χ1n) is 7.77. The molecule has 0 amide bonds. The van der Waals surface area contributed by atoms with Crippen LogP contribution < -0.4 is 5.32 Å². The minimum absolute atomic E-state index is 0.253. The lowest BCUT2D eigenvalue weighted by atomic mass is 9.69. The Hall–Kier alpha value is -0.380. The summed E-state index contributed by atoms with van der Waals surface area (Å²) in [6.07, 6.45) is 1.12. The fourth-order valence-electron chi connectivity index (χ4n) is 3.43. The molecule has 21 heavy (non-hydrogen) atoms. The Morgan fingerprint density at radius 3 is 2.43 bits per heavy atom. The van der Waals surface area contributed by atoms with Crippen LogP contribution in [0.5, 0.6) is 0 Å². The molecular weight excluding hydrogens is 305 g/mol. The van der Waals surface area contributed by atoms with Crippen molar-refractivity contribution in [3.8, 4) is 0 Å². The zero-order chi connectivity index (χ0) is 15.7. The molecule has 0 saturated carbocycles. The van der Waals surface area contributed by atoms with E-state index in [2.05, 4.69) is 49.9 Å². The number of aromatic nitrogens is 2. The molecule has 0 bridgehead atoms. The SMILES string of the molecule is CC(C)NCC1CC(C(C)C)C(C)c2c(Cl)nc(Cl)nc21. The van der Waals surface area contributed by atoms with E-state index in [1.54, 1.807) is 0 Å². The number of halogens is 2. The topological polar surface area (TPSA) is 37.8 Å². The zero-order valence-electron chi connectivity index (χ0n) is 13.5. The smallest absolute Gasteiger partial charge is 0.224 e. The van der Waals surface area contributed by atoms with Gasteiger partial charge in [-0.3, -0.25) is 0 Å². The van der Waals surface area contributed by atoms with Gasteiger partial charge < -0.3 is 5.32 Å². The highest BCUT2D eigenvalue weighted by Crippen LogP contribution is 2.46. The second-order valence-electron chi connectivity index (χ2n) is 6.77. The normalized spacial score (nSPS) is 25.5. The van der Waals surface area contributed by atoms with E-state index in [0.717, 1.165) is 24.2 Å². The summed E-state index contributed by atoms with van der Waals surface area (Å²) in [7, 11) is 0. The first-order valence-corrected chi connectivity index (χ1v) is 8.53. The van der Waals surface area contributed by atoms with Crippen LogP contribution in [-0.2, 0) is 0 Å². The lowest BCUT2D eigenvalue weighted by Crippen LogP contribution is -2.35. The zero-order valence-corrected chi connectivity index (χ0v) is 15.0. The molecule has 1 aromatic rings. The van der Waals surface area contributed by atoms with E-state index >= 15 is 0 Å². The van der Waals surface area contributed by atoms with Crippen LogP contribution in [0.25, 0.3) is 0 Å². The number of fused-ring (bicyclic) bond motifs is 1. The van der Waals surface area contributed by atoms with E-state index < -0.39 is 0 Å². The van der Waals surface area contributed by atoms with Gasteiger partial charge >= 0.3 is 0 Å². The quantitative estimate of drug-likeness (QED) is 0.645. The van der Waals surface area contributed by atoms with Gasteiger partial charge in [0.25, 0.3) is 0 Å². The molecular formula is C16H25Cl2N3. The predicted molar refractivity (Wildman–Crippen MR) is 89.3 cm³/mol. The van der Waals surface area contributed by atoms with Gasteiger partial charge in [0, 0.05) is 24.1 Å². The fraction of sp³-hybridized carbons (Fsp3) is 0.750. The standard InChI is InChI=1S/C16H25Cl2N3/c1-8(2)12-6-11(7-19-9(3)4)14-13(10(12)5)15(17)21-16(18)20-14/h8-12,19H,6-7H2,1-5H3. The third-order valence-corrected chi connectivity index (χ3v) is 5.03. The largest absolute Gasteiger partial charge is 0.314 e. The van der Waals surface area contributed by atoms with E-state index in [1.807, 2.05) is 0 Å². The van der Waals surface area contributed by atoms with Crippen LogP contribution in [0.2, 0.25) is 10.4 Å². The average Bonchev–Trinajstić information content (AvgIpc) is 2.36. The average molecular weight is 330 g/mol. The van der Waals surface area contributed by atoms with Crippen molar-refractivity contribution in [2.75, 3.05) is 6.54 Å². The van der Waals surface area contributed by atoms with Gasteiger partial charge in [0.15, 0.2) is 0 Å². The minimum atomic E-state index is 0.253. The van der Waals surface area contributed by atoms with Crippen LogP contribution in [0, 0.1) is 11.8 Å². The second kappa shape index (κ2) is 6.80. The Balaban J connectivity index is 2.41. The monoisotopic (exact) mass is 329 g/mol. The highest BCUT2D eigenvalue weighted by atomic mass is 35.5. The van der Waals surface area contributed by atoms with Crippen molar-refractivity contribution in [3.63, 3.8) is 0 Å². The van der Waals surface area contributed by atoms with E-state index in [-0.39, 0.29) is 5.28 Å². The van der Waals surface area contributed by atoms with Crippen LogP contribution in [0.1, 0.15) is 64.1 Å². The Morgan fingerprint density at radius 2 is 1.86 bits per heavy atom. The molecule has 1 aliphatic rings. The summed E-state index contributed by atoms with van der Waals surface area (Å²) in [5, 5.41) is 4.30. The van der Waals surface area contributed by atoms with Crippen molar-refractivity contribution < 1.29 is 0 Å². The molecule has 1 aliphatic carbocycles. The van der Waals surface area contributed by atoms with Crippen LogP contribution in [-0.4, -0.2) is 22.6 Å². The highest BCUT2D eigenvalue weighted by molar-refractivity contribution is 6.32. The summed E-state index contributed by atoms with van der Waals surface area (Å²) in [6.45, 7) is 12.0. The molecule has 0 aliphatic heterocycles. The maximum absolute atomic E-state index is 6.38. The van der Waals surface area contributed by atoms with Gasteiger partial charge in [0.1, 0.15) is 5.15 Å². The van der Waals surface area contributed by atoms with Gasteiger partial charge in [-0.05, 0) is 35.8 Å². The molecule has 5 heteroatoms. The molecule has 0 radical (unpaired) electrons. The number of hydrogen-bond acceptors (Lipinski definition) is 3. The Bertz CT molecular complexity index is 503. The van der Waals surface area contributed by atoms with Crippen molar-refractivity contribution in [1.82, 2.24) is 15.3 Å². The number of nitrogens with zero attached hydrogens (tertiary/aromatic N) is 2.